The lowest BCUT2D eigenvalue weighted by Crippen LogP contribution is -2.39. The van der Waals surface area contributed by atoms with E-state index in [4.69, 9.17) is 10.3 Å². The second-order valence-electron chi connectivity index (χ2n) is 5.16. The normalized spacial score (nSPS) is 11.2. The first-order valence-corrected chi connectivity index (χ1v) is 6.96. The van der Waals surface area contributed by atoms with Gasteiger partial charge in [-0.1, -0.05) is 35.5 Å². The highest BCUT2D eigenvalue weighted by Crippen LogP contribution is 2.15. The molecule has 0 unspecified atom stereocenters. The number of primary amides is 1. The molecule has 1 aromatic carbocycles. The molecule has 0 fully saturated rings. The van der Waals surface area contributed by atoms with Gasteiger partial charge < -0.3 is 10.3 Å². The largest absolute Gasteiger partial charge is 0.369 e. The first kappa shape index (κ1) is 15.2. The molecule has 6 nitrogen and oxygen atoms in total. The maximum Gasteiger partial charge on any atom is 0.231 e. The van der Waals surface area contributed by atoms with Crippen LogP contribution < -0.4 is 5.73 Å². The van der Waals surface area contributed by atoms with Gasteiger partial charge in [-0.2, -0.15) is 4.98 Å². The van der Waals surface area contributed by atoms with Crippen molar-refractivity contribution in [2.75, 3.05) is 13.1 Å². The molecule has 0 saturated heterocycles. The summed E-state index contributed by atoms with van der Waals surface area (Å²) in [5.74, 6) is 0.805. The van der Waals surface area contributed by atoms with E-state index in [0.29, 0.717) is 24.7 Å². The molecule has 6 heteroatoms. The average Bonchev–Trinajstić information content (AvgIpc) is 2.92. The lowest BCUT2D eigenvalue weighted by molar-refractivity contribution is -0.119. The first-order chi connectivity index (χ1) is 10.1. The summed E-state index contributed by atoms with van der Waals surface area (Å²) in [5.41, 5.74) is 6.17. The molecule has 21 heavy (non-hydrogen) atoms. The second-order valence-corrected chi connectivity index (χ2v) is 5.16. The Balaban J connectivity index is 1.97. The molecular formula is C15H20N4O2. The summed E-state index contributed by atoms with van der Waals surface area (Å²) < 4.78 is 5.25. The summed E-state index contributed by atoms with van der Waals surface area (Å²) in [6.45, 7) is 4.92. The maximum absolute atomic E-state index is 11.0. The number of carbonyl (C=O) groups excluding carboxylic acids is 1. The quantitative estimate of drug-likeness (QED) is 0.834. The van der Waals surface area contributed by atoms with Crippen molar-refractivity contribution in [1.29, 1.82) is 0 Å². The minimum atomic E-state index is -0.334. The van der Waals surface area contributed by atoms with Crippen molar-refractivity contribution in [3.63, 3.8) is 0 Å². The zero-order valence-corrected chi connectivity index (χ0v) is 12.3. The van der Waals surface area contributed by atoms with E-state index < -0.39 is 0 Å². The molecule has 0 aliphatic carbocycles. The minimum Gasteiger partial charge on any atom is -0.369 e. The van der Waals surface area contributed by atoms with Crippen LogP contribution in [-0.4, -0.2) is 40.1 Å². The van der Waals surface area contributed by atoms with E-state index in [1.165, 1.54) is 0 Å². The van der Waals surface area contributed by atoms with Crippen LogP contribution in [0.2, 0.25) is 0 Å². The minimum absolute atomic E-state index is 0.231. The van der Waals surface area contributed by atoms with E-state index in [0.717, 1.165) is 5.56 Å². The van der Waals surface area contributed by atoms with Gasteiger partial charge in [0.05, 0.1) is 6.54 Å². The number of amides is 1. The highest BCUT2D eigenvalue weighted by atomic mass is 16.5. The summed E-state index contributed by atoms with van der Waals surface area (Å²) in [5, 5.41) is 3.97. The molecule has 1 heterocycles. The van der Waals surface area contributed by atoms with Crippen molar-refractivity contribution in [1.82, 2.24) is 15.0 Å². The monoisotopic (exact) mass is 288 g/mol. The van der Waals surface area contributed by atoms with Gasteiger partial charge in [0.1, 0.15) is 0 Å². The van der Waals surface area contributed by atoms with Crippen molar-refractivity contribution >= 4 is 5.91 Å². The fourth-order valence-electron chi connectivity index (χ4n) is 2.02. The maximum atomic E-state index is 11.0. The van der Waals surface area contributed by atoms with E-state index in [1.54, 1.807) is 0 Å². The van der Waals surface area contributed by atoms with E-state index in [9.17, 15) is 4.79 Å². The molecule has 0 saturated carbocycles. The van der Waals surface area contributed by atoms with Gasteiger partial charge in [-0.25, -0.2) is 0 Å². The molecule has 2 aromatic rings. The molecule has 1 amide bonds. The van der Waals surface area contributed by atoms with Crippen LogP contribution in [0.3, 0.4) is 0 Å². The van der Waals surface area contributed by atoms with Crippen molar-refractivity contribution in [3.8, 4) is 11.4 Å². The van der Waals surface area contributed by atoms with Gasteiger partial charge in [0.25, 0.3) is 0 Å². The summed E-state index contributed by atoms with van der Waals surface area (Å²) in [6.07, 6.45) is 0.589. The van der Waals surface area contributed by atoms with Crippen LogP contribution in [0.5, 0.6) is 0 Å². The Labute approximate surface area is 123 Å². The summed E-state index contributed by atoms with van der Waals surface area (Å²) in [7, 11) is 0. The number of rotatable bonds is 7. The molecule has 2 rings (SSSR count). The van der Waals surface area contributed by atoms with Gasteiger partial charge in [-0.05, 0) is 13.8 Å². The van der Waals surface area contributed by atoms with E-state index in [2.05, 4.69) is 10.1 Å². The molecule has 1 aromatic heterocycles. The number of hydrogen-bond acceptors (Lipinski definition) is 5. The molecule has 0 aliphatic rings. The van der Waals surface area contributed by atoms with Gasteiger partial charge >= 0.3 is 0 Å². The average molecular weight is 288 g/mol. The third-order valence-electron chi connectivity index (χ3n) is 3.20. The van der Waals surface area contributed by atoms with Crippen molar-refractivity contribution in [2.24, 2.45) is 5.73 Å². The first-order valence-electron chi connectivity index (χ1n) is 6.96. The Kier molecular flexibility index (Phi) is 5.05. The molecule has 2 N–H and O–H groups in total. The topological polar surface area (TPSA) is 85.2 Å². The predicted molar refractivity (Wildman–Crippen MR) is 79.3 cm³/mol. The molecule has 0 atom stereocenters. The number of hydrogen-bond donors (Lipinski definition) is 1. The van der Waals surface area contributed by atoms with Gasteiger partial charge in [-0.3, -0.25) is 9.69 Å². The van der Waals surface area contributed by atoms with E-state index in [-0.39, 0.29) is 18.5 Å². The Morgan fingerprint density at radius 1 is 1.33 bits per heavy atom. The predicted octanol–water partition coefficient (Wildman–Crippen LogP) is 1.47. The van der Waals surface area contributed by atoms with Crippen LogP contribution in [-0.2, 0) is 11.2 Å². The Morgan fingerprint density at radius 3 is 2.67 bits per heavy atom. The Morgan fingerprint density at radius 2 is 2.05 bits per heavy atom. The number of nitrogens with zero attached hydrogens (tertiary/aromatic N) is 3. The fraction of sp³-hybridized carbons (Fsp3) is 0.400. The van der Waals surface area contributed by atoms with Crippen LogP contribution in [0.4, 0.5) is 0 Å². The van der Waals surface area contributed by atoms with Gasteiger partial charge in [0.2, 0.25) is 17.6 Å². The third-order valence-corrected chi connectivity index (χ3v) is 3.20. The molecular weight excluding hydrogens is 268 g/mol. The number of aromatic nitrogens is 2. The Hall–Kier alpha value is -2.21. The molecule has 0 bridgehead atoms. The fourth-order valence-corrected chi connectivity index (χ4v) is 2.02. The van der Waals surface area contributed by atoms with Crippen LogP contribution in [0.1, 0.15) is 19.7 Å². The third kappa shape index (κ3) is 4.39. The van der Waals surface area contributed by atoms with Gasteiger partial charge in [-0.15, -0.1) is 0 Å². The number of benzene rings is 1. The standard InChI is InChI=1S/C15H20N4O2/c1-11(2)19(10-13(16)20)9-8-14-17-15(18-21-14)12-6-4-3-5-7-12/h3-7,11H,8-10H2,1-2H3,(H2,16,20). The number of nitrogens with two attached hydrogens (primary N) is 1. The molecule has 0 aliphatic heterocycles. The van der Waals surface area contributed by atoms with Crippen LogP contribution in [0.25, 0.3) is 11.4 Å². The lowest BCUT2D eigenvalue weighted by atomic mass is 10.2. The van der Waals surface area contributed by atoms with Crippen molar-refractivity contribution in [3.05, 3.63) is 36.2 Å². The van der Waals surface area contributed by atoms with Crippen LogP contribution in [0, 0.1) is 0 Å². The second kappa shape index (κ2) is 6.99. The van der Waals surface area contributed by atoms with Gasteiger partial charge in [0, 0.05) is 24.6 Å². The molecule has 0 radical (unpaired) electrons. The van der Waals surface area contributed by atoms with Crippen LogP contribution in [0.15, 0.2) is 34.9 Å². The van der Waals surface area contributed by atoms with Crippen molar-refractivity contribution < 1.29 is 9.32 Å². The number of carbonyl (C=O) groups is 1. The highest BCUT2D eigenvalue weighted by Gasteiger charge is 2.14. The van der Waals surface area contributed by atoms with Crippen LogP contribution >= 0.6 is 0 Å². The summed E-state index contributed by atoms with van der Waals surface area (Å²) >= 11 is 0. The summed E-state index contributed by atoms with van der Waals surface area (Å²) in [6, 6.07) is 9.89. The highest BCUT2D eigenvalue weighted by molar-refractivity contribution is 5.75. The Bertz CT molecular complexity index is 580. The van der Waals surface area contributed by atoms with E-state index in [1.807, 2.05) is 49.1 Å². The van der Waals surface area contributed by atoms with Gasteiger partial charge in [0.15, 0.2) is 0 Å². The van der Waals surface area contributed by atoms with Crippen molar-refractivity contribution in [2.45, 2.75) is 26.3 Å². The SMILES string of the molecule is CC(C)N(CCc1nc(-c2ccccc2)no1)CC(N)=O. The molecule has 0 spiro atoms. The summed E-state index contributed by atoms with van der Waals surface area (Å²) in [4.78, 5) is 17.4. The van der Waals surface area contributed by atoms with E-state index >= 15 is 0 Å². The zero-order valence-electron chi connectivity index (χ0n) is 12.3. The zero-order chi connectivity index (χ0) is 15.2. The molecule has 112 valence electrons. The smallest absolute Gasteiger partial charge is 0.231 e. The lowest BCUT2D eigenvalue weighted by Gasteiger charge is -2.23.